The Labute approximate surface area is 114 Å². The van der Waals surface area contributed by atoms with Crippen molar-refractivity contribution in [1.82, 2.24) is 5.32 Å². The van der Waals surface area contributed by atoms with Crippen molar-refractivity contribution in [3.05, 3.63) is 70.8 Å². The van der Waals surface area contributed by atoms with Crippen LogP contribution in [0.25, 0.3) is 0 Å². The SMILES string of the molecule is CC(NCc1ccc(F)c(F)c1)c1cc(F)cc(F)c1. The van der Waals surface area contributed by atoms with E-state index in [4.69, 9.17) is 0 Å². The third-order valence-electron chi connectivity index (χ3n) is 2.98. The minimum atomic E-state index is -0.922. The molecule has 20 heavy (non-hydrogen) atoms. The molecule has 5 heteroatoms. The molecule has 0 heterocycles. The van der Waals surface area contributed by atoms with E-state index >= 15 is 0 Å². The van der Waals surface area contributed by atoms with E-state index in [-0.39, 0.29) is 12.6 Å². The first kappa shape index (κ1) is 14.5. The predicted molar refractivity (Wildman–Crippen MR) is 68.0 cm³/mol. The molecule has 0 amide bonds. The largest absolute Gasteiger partial charge is 0.306 e. The van der Waals surface area contributed by atoms with Crippen LogP contribution >= 0.6 is 0 Å². The second-order valence-electron chi connectivity index (χ2n) is 4.55. The van der Waals surface area contributed by atoms with Crippen LogP contribution in [-0.2, 0) is 6.54 Å². The van der Waals surface area contributed by atoms with Gasteiger partial charge in [0.05, 0.1) is 0 Å². The summed E-state index contributed by atoms with van der Waals surface area (Å²) in [4.78, 5) is 0. The summed E-state index contributed by atoms with van der Waals surface area (Å²) >= 11 is 0. The Balaban J connectivity index is 2.04. The van der Waals surface area contributed by atoms with E-state index in [0.717, 1.165) is 18.2 Å². The van der Waals surface area contributed by atoms with Gasteiger partial charge in [-0.05, 0) is 42.3 Å². The lowest BCUT2D eigenvalue weighted by Crippen LogP contribution is -2.18. The molecule has 1 N–H and O–H groups in total. The van der Waals surface area contributed by atoms with E-state index in [1.165, 1.54) is 18.2 Å². The minimum Gasteiger partial charge on any atom is -0.306 e. The number of benzene rings is 2. The van der Waals surface area contributed by atoms with E-state index in [2.05, 4.69) is 5.32 Å². The standard InChI is InChI=1S/C15H13F4N/c1-9(11-5-12(16)7-13(17)6-11)20-8-10-2-3-14(18)15(19)4-10/h2-7,9,20H,8H2,1H3. The van der Waals surface area contributed by atoms with E-state index in [1.807, 2.05) is 0 Å². The van der Waals surface area contributed by atoms with Crippen LogP contribution in [0.2, 0.25) is 0 Å². The molecule has 0 radical (unpaired) electrons. The average Bonchev–Trinajstić information content (AvgIpc) is 2.38. The number of nitrogens with one attached hydrogen (secondary N) is 1. The molecule has 0 aliphatic carbocycles. The van der Waals surface area contributed by atoms with Crippen molar-refractivity contribution in [3.8, 4) is 0 Å². The van der Waals surface area contributed by atoms with Gasteiger partial charge in [0, 0.05) is 18.7 Å². The van der Waals surface area contributed by atoms with E-state index in [9.17, 15) is 17.6 Å². The Bertz CT molecular complexity index is 593. The molecule has 0 aromatic heterocycles. The molecular formula is C15H13F4N. The van der Waals surface area contributed by atoms with E-state index in [0.29, 0.717) is 11.1 Å². The van der Waals surface area contributed by atoms with Gasteiger partial charge < -0.3 is 5.32 Å². The van der Waals surface area contributed by atoms with Crippen LogP contribution in [0.1, 0.15) is 24.1 Å². The Kier molecular flexibility index (Phi) is 4.39. The second-order valence-corrected chi connectivity index (χ2v) is 4.55. The van der Waals surface area contributed by atoms with Crippen LogP contribution < -0.4 is 5.32 Å². The van der Waals surface area contributed by atoms with Crippen LogP contribution in [0.5, 0.6) is 0 Å². The quantitative estimate of drug-likeness (QED) is 0.833. The van der Waals surface area contributed by atoms with Gasteiger partial charge in [-0.2, -0.15) is 0 Å². The van der Waals surface area contributed by atoms with Crippen molar-refractivity contribution < 1.29 is 17.6 Å². The molecule has 0 aliphatic rings. The van der Waals surface area contributed by atoms with Crippen LogP contribution in [0.15, 0.2) is 36.4 Å². The van der Waals surface area contributed by atoms with Crippen molar-refractivity contribution >= 4 is 0 Å². The van der Waals surface area contributed by atoms with Gasteiger partial charge in [-0.25, -0.2) is 17.6 Å². The highest BCUT2D eigenvalue weighted by Gasteiger charge is 2.09. The Morgan fingerprint density at radius 1 is 0.900 bits per heavy atom. The molecular weight excluding hydrogens is 270 g/mol. The van der Waals surface area contributed by atoms with Crippen LogP contribution in [0, 0.1) is 23.3 Å². The number of rotatable bonds is 4. The molecule has 0 spiro atoms. The molecule has 2 rings (SSSR count). The molecule has 2 aromatic carbocycles. The van der Waals surface area contributed by atoms with Gasteiger partial charge in [0.25, 0.3) is 0 Å². The van der Waals surface area contributed by atoms with Gasteiger partial charge in [-0.15, -0.1) is 0 Å². The first-order valence-corrected chi connectivity index (χ1v) is 6.09. The van der Waals surface area contributed by atoms with Gasteiger partial charge in [0.2, 0.25) is 0 Å². The normalized spacial score (nSPS) is 12.4. The first-order chi connectivity index (χ1) is 9.45. The summed E-state index contributed by atoms with van der Waals surface area (Å²) in [6.45, 7) is 1.99. The average molecular weight is 283 g/mol. The topological polar surface area (TPSA) is 12.0 Å². The number of hydrogen-bond acceptors (Lipinski definition) is 1. The monoisotopic (exact) mass is 283 g/mol. The molecule has 0 saturated carbocycles. The molecule has 0 bridgehead atoms. The zero-order valence-electron chi connectivity index (χ0n) is 10.8. The van der Waals surface area contributed by atoms with Crippen LogP contribution in [0.3, 0.4) is 0 Å². The summed E-state index contributed by atoms with van der Waals surface area (Å²) in [7, 11) is 0. The number of halogens is 4. The fourth-order valence-corrected chi connectivity index (χ4v) is 1.86. The molecule has 1 nitrogen and oxygen atoms in total. The van der Waals surface area contributed by atoms with Crippen molar-refractivity contribution in [2.24, 2.45) is 0 Å². The van der Waals surface area contributed by atoms with Crippen LogP contribution in [0.4, 0.5) is 17.6 Å². The summed E-state index contributed by atoms with van der Waals surface area (Å²) in [5.41, 5.74) is 0.998. The summed E-state index contributed by atoms with van der Waals surface area (Å²) < 4.78 is 52.0. The molecule has 1 unspecified atom stereocenters. The third-order valence-corrected chi connectivity index (χ3v) is 2.98. The Morgan fingerprint density at radius 3 is 2.15 bits per heavy atom. The maximum Gasteiger partial charge on any atom is 0.159 e. The Hall–Kier alpha value is -1.88. The van der Waals surface area contributed by atoms with Gasteiger partial charge in [0.15, 0.2) is 11.6 Å². The summed E-state index contributed by atoms with van der Waals surface area (Å²) in [6, 6.07) is 6.50. The van der Waals surface area contributed by atoms with Crippen LogP contribution in [-0.4, -0.2) is 0 Å². The molecule has 0 aliphatic heterocycles. The maximum atomic E-state index is 13.1. The molecule has 106 valence electrons. The zero-order valence-corrected chi connectivity index (χ0v) is 10.8. The highest BCUT2D eigenvalue weighted by molar-refractivity contribution is 5.22. The molecule has 1 atom stereocenters. The van der Waals surface area contributed by atoms with Crippen molar-refractivity contribution in [1.29, 1.82) is 0 Å². The Morgan fingerprint density at radius 2 is 1.55 bits per heavy atom. The fraction of sp³-hybridized carbons (Fsp3) is 0.200. The summed E-state index contributed by atoms with van der Waals surface area (Å²) in [5.74, 6) is -3.13. The van der Waals surface area contributed by atoms with E-state index in [1.54, 1.807) is 6.92 Å². The van der Waals surface area contributed by atoms with E-state index < -0.39 is 23.3 Å². The first-order valence-electron chi connectivity index (χ1n) is 6.09. The molecule has 0 saturated heterocycles. The van der Waals surface area contributed by atoms with Gasteiger partial charge >= 0.3 is 0 Å². The lowest BCUT2D eigenvalue weighted by Gasteiger charge is -2.14. The van der Waals surface area contributed by atoms with Gasteiger partial charge in [-0.3, -0.25) is 0 Å². The molecule has 2 aromatic rings. The smallest absolute Gasteiger partial charge is 0.159 e. The minimum absolute atomic E-state index is 0.260. The molecule has 0 fully saturated rings. The van der Waals surface area contributed by atoms with Crippen molar-refractivity contribution in [3.63, 3.8) is 0 Å². The zero-order chi connectivity index (χ0) is 14.7. The highest BCUT2D eigenvalue weighted by atomic mass is 19.2. The lowest BCUT2D eigenvalue weighted by molar-refractivity contribution is 0.503. The van der Waals surface area contributed by atoms with Crippen molar-refractivity contribution in [2.45, 2.75) is 19.5 Å². The highest BCUT2D eigenvalue weighted by Crippen LogP contribution is 2.17. The second kappa shape index (κ2) is 6.05. The lowest BCUT2D eigenvalue weighted by atomic mass is 10.1. The summed E-state index contributed by atoms with van der Waals surface area (Å²) in [6.07, 6.45) is 0. The fourth-order valence-electron chi connectivity index (χ4n) is 1.86. The summed E-state index contributed by atoms with van der Waals surface area (Å²) in [5, 5.41) is 2.99. The maximum absolute atomic E-state index is 13.1. The van der Waals surface area contributed by atoms with Gasteiger partial charge in [0.1, 0.15) is 11.6 Å². The number of hydrogen-bond donors (Lipinski definition) is 1. The third kappa shape index (κ3) is 3.57. The van der Waals surface area contributed by atoms with Crippen molar-refractivity contribution in [2.75, 3.05) is 0 Å². The predicted octanol–water partition coefficient (Wildman–Crippen LogP) is 4.09. The van der Waals surface area contributed by atoms with Gasteiger partial charge in [-0.1, -0.05) is 6.07 Å².